The molecule has 0 amide bonds. The summed E-state index contributed by atoms with van der Waals surface area (Å²) in [6.07, 6.45) is 2.10. The smallest absolute Gasteiger partial charge is 0.186 e. The molecule has 0 bridgehead atoms. The summed E-state index contributed by atoms with van der Waals surface area (Å²) in [4.78, 5) is 0. The monoisotopic (exact) mass is 467 g/mol. The molecule has 5 nitrogen and oxygen atoms in total. The normalized spacial score (nSPS) is 18.3. The molecule has 0 aliphatic carbocycles. The van der Waals surface area contributed by atoms with E-state index in [2.05, 4.69) is 50.8 Å². The predicted octanol–water partition coefficient (Wildman–Crippen LogP) is 4.12. The molecule has 0 aromatic heterocycles. The van der Waals surface area contributed by atoms with Crippen molar-refractivity contribution >= 4 is 21.6 Å². The van der Waals surface area contributed by atoms with Crippen molar-refractivity contribution in [2.45, 2.75) is 12.2 Å². The number of halogens is 1. The Morgan fingerprint density at radius 3 is 2.43 bits per heavy atom. The van der Waals surface area contributed by atoms with E-state index in [1.165, 1.54) is 0 Å². The molecule has 0 spiro atoms. The van der Waals surface area contributed by atoms with Gasteiger partial charge in [0.2, 0.25) is 0 Å². The highest BCUT2D eigenvalue weighted by atomic mass is 79.9. The lowest BCUT2D eigenvalue weighted by molar-refractivity contribution is -0.731. The van der Waals surface area contributed by atoms with Crippen LogP contribution in [0.25, 0.3) is 5.70 Å². The minimum Gasteiger partial charge on any atom is -0.507 e. The number of nitrogens with one attached hydrogen (secondary N) is 1. The first-order valence-corrected chi connectivity index (χ1v) is 10.5. The van der Waals surface area contributed by atoms with Gasteiger partial charge in [0.25, 0.3) is 0 Å². The summed E-state index contributed by atoms with van der Waals surface area (Å²) in [5, 5.41) is 16.4. The summed E-state index contributed by atoms with van der Waals surface area (Å²) in [6.45, 7) is 0. The van der Waals surface area contributed by atoms with Crippen molar-refractivity contribution in [3.63, 3.8) is 0 Å². The van der Waals surface area contributed by atoms with Crippen molar-refractivity contribution in [2.24, 2.45) is 0 Å². The van der Waals surface area contributed by atoms with Crippen LogP contribution >= 0.6 is 15.9 Å². The largest absolute Gasteiger partial charge is 0.507 e. The lowest BCUT2D eigenvalue weighted by Crippen LogP contribution is -2.89. The minimum absolute atomic E-state index is 0.0366. The van der Waals surface area contributed by atoms with E-state index in [1.54, 1.807) is 20.3 Å². The topological polar surface area (TPSA) is 67.3 Å². The molecule has 154 valence electrons. The number of rotatable bonds is 5. The molecule has 0 radical (unpaired) electrons. The first-order valence-electron chi connectivity index (χ1n) is 9.67. The molecule has 0 fully saturated rings. The fourth-order valence-electron chi connectivity index (χ4n) is 3.67. The molecule has 0 saturated carbocycles. The number of ether oxygens (including phenoxy) is 2. The molecule has 1 aliphatic rings. The third kappa shape index (κ3) is 4.30. The van der Waals surface area contributed by atoms with E-state index in [0.717, 1.165) is 38.4 Å². The van der Waals surface area contributed by atoms with Gasteiger partial charge in [0.15, 0.2) is 6.17 Å². The van der Waals surface area contributed by atoms with Crippen LogP contribution < -0.4 is 20.1 Å². The second kappa shape index (κ2) is 8.81. The van der Waals surface area contributed by atoms with Gasteiger partial charge in [-0.2, -0.15) is 0 Å². The molecule has 30 heavy (non-hydrogen) atoms. The van der Waals surface area contributed by atoms with E-state index >= 15 is 0 Å². The summed E-state index contributed by atoms with van der Waals surface area (Å²) in [5.74, 6) is 1.89. The van der Waals surface area contributed by atoms with Gasteiger partial charge in [-0.05, 0) is 54.6 Å². The highest BCUT2D eigenvalue weighted by molar-refractivity contribution is 9.10. The van der Waals surface area contributed by atoms with Crippen molar-refractivity contribution in [1.82, 2.24) is 5.32 Å². The van der Waals surface area contributed by atoms with Crippen LogP contribution in [0, 0.1) is 0 Å². The summed E-state index contributed by atoms with van der Waals surface area (Å²) in [7, 11) is 3.33. The maximum atomic E-state index is 10.5. The molecule has 4 rings (SSSR count). The number of quaternary nitrogens is 1. The quantitative estimate of drug-likeness (QED) is 0.527. The van der Waals surface area contributed by atoms with Crippen molar-refractivity contribution in [2.75, 3.05) is 14.2 Å². The molecule has 1 aliphatic heterocycles. The van der Waals surface area contributed by atoms with Gasteiger partial charge in [0.1, 0.15) is 23.3 Å². The van der Waals surface area contributed by atoms with Gasteiger partial charge in [-0.3, -0.25) is 0 Å². The number of hydrogen-bond acceptors (Lipinski definition) is 4. The van der Waals surface area contributed by atoms with Crippen LogP contribution in [0.4, 0.5) is 0 Å². The van der Waals surface area contributed by atoms with Crippen molar-refractivity contribution in [3.05, 3.63) is 94.0 Å². The van der Waals surface area contributed by atoms with Crippen LogP contribution in [-0.2, 0) is 0 Å². The fourth-order valence-corrected chi connectivity index (χ4v) is 4.05. The third-order valence-electron chi connectivity index (χ3n) is 5.26. The Kier molecular flexibility index (Phi) is 5.97. The number of methoxy groups -OCH3 is 2. The summed E-state index contributed by atoms with van der Waals surface area (Å²) in [5.41, 5.74) is 3.98. The van der Waals surface area contributed by atoms with Gasteiger partial charge in [-0.25, -0.2) is 0 Å². The van der Waals surface area contributed by atoms with Gasteiger partial charge in [0.05, 0.1) is 19.8 Å². The van der Waals surface area contributed by atoms with Crippen LogP contribution in [-0.4, -0.2) is 19.3 Å². The molecule has 3 aromatic carbocycles. The van der Waals surface area contributed by atoms with Gasteiger partial charge >= 0.3 is 0 Å². The molecule has 0 saturated heterocycles. The second-order valence-electron chi connectivity index (χ2n) is 7.13. The van der Waals surface area contributed by atoms with Crippen molar-refractivity contribution < 1.29 is 19.9 Å². The zero-order chi connectivity index (χ0) is 21.1. The van der Waals surface area contributed by atoms with E-state index < -0.39 is 0 Å². The number of phenols is 1. The summed E-state index contributed by atoms with van der Waals surface area (Å²) < 4.78 is 11.6. The van der Waals surface area contributed by atoms with Crippen LogP contribution in [0.2, 0.25) is 0 Å². The highest BCUT2D eigenvalue weighted by Crippen LogP contribution is 2.32. The molecule has 6 heteroatoms. The maximum Gasteiger partial charge on any atom is 0.186 e. The lowest BCUT2D eigenvalue weighted by Gasteiger charge is -2.30. The fraction of sp³-hybridized carbons (Fsp3) is 0.167. The SMILES string of the molecule is COc1ccc(C2NC(c3cccc(OC)c3)=CC(c3cc(Br)ccc3O)[NH2+]2)cc1. The van der Waals surface area contributed by atoms with Crippen LogP contribution in [0.5, 0.6) is 17.2 Å². The van der Waals surface area contributed by atoms with Crippen LogP contribution in [0.1, 0.15) is 28.9 Å². The molecular formula is C24H24BrN2O3+. The number of nitrogens with two attached hydrogens (primary N) is 1. The summed E-state index contributed by atoms with van der Waals surface area (Å²) in [6, 6.07) is 21.4. The molecule has 2 atom stereocenters. The van der Waals surface area contributed by atoms with Crippen molar-refractivity contribution in [3.8, 4) is 17.2 Å². The number of benzene rings is 3. The third-order valence-corrected chi connectivity index (χ3v) is 5.75. The Bertz CT molecular complexity index is 1070. The molecule has 4 N–H and O–H groups in total. The zero-order valence-corrected chi connectivity index (χ0v) is 18.4. The number of hydrogen-bond donors (Lipinski definition) is 3. The van der Waals surface area contributed by atoms with E-state index in [9.17, 15) is 5.11 Å². The number of phenolic OH excluding ortho intramolecular Hbond substituents is 1. The standard InChI is InChI=1S/C24H23BrN2O3/c1-29-18-9-6-15(7-10-18)24-26-21(16-4-3-5-19(12-16)30-2)14-22(27-24)20-13-17(25)8-11-23(20)28/h3-14,22,24,26-28H,1-2H3/p+1. The molecule has 3 aromatic rings. The minimum atomic E-state index is -0.0722. The van der Waals surface area contributed by atoms with Crippen LogP contribution in [0.3, 0.4) is 0 Å². The lowest BCUT2D eigenvalue weighted by atomic mass is 9.97. The van der Waals surface area contributed by atoms with E-state index in [-0.39, 0.29) is 18.0 Å². The molecular weight excluding hydrogens is 444 g/mol. The maximum absolute atomic E-state index is 10.5. The zero-order valence-electron chi connectivity index (χ0n) is 16.8. The Balaban J connectivity index is 1.76. The van der Waals surface area contributed by atoms with Gasteiger partial charge in [-0.1, -0.05) is 28.1 Å². The Morgan fingerprint density at radius 1 is 0.933 bits per heavy atom. The first-order chi connectivity index (χ1) is 14.6. The van der Waals surface area contributed by atoms with E-state index in [1.807, 2.05) is 42.5 Å². The molecule has 2 unspecified atom stereocenters. The van der Waals surface area contributed by atoms with Gasteiger partial charge < -0.3 is 25.2 Å². The van der Waals surface area contributed by atoms with Gasteiger partial charge in [0, 0.05) is 27.4 Å². The molecule has 1 heterocycles. The van der Waals surface area contributed by atoms with Crippen molar-refractivity contribution in [1.29, 1.82) is 0 Å². The Labute approximate surface area is 184 Å². The first kappa shape index (κ1) is 20.3. The van der Waals surface area contributed by atoms with Gasteiger partial charge in [-0.15, -0.1) is 0 Å². The summed E-state index contributed by atoms with van der Waals surface area (Å²) >= 11 is 3.53. The van der Waals surface area contributed by atoms with E-state index in [4.69, 9.17) is 9.47 Å². The second-order valence-corrected chi connectivity index (χ2v) is 8.04. The average molecular weight is 468 g/mol. The number of aromatic hydroxyl groups is 1. The predicted molar refractivity (Wildman–Crippen MR) is 120 cm³/mol. The Hall–Kier alpha value is -2.96. The highest BCUT2D eigenvalue weighted by Gasteiger charge is 2.29. The average Bonchev–Trinajstić information content (AvgIpc) is 2.80. The Morgan fingerprint density at radius 2 is 1.70 bits per heavy atom. The van der Waals surface area contributed by atoms with E-state index in [0.29, 0.717) is 0 Å². The van der Waals surface area contributed by atoms with Crippen LogP contribution in [0.15, 0.2) is 77.3 Å².